The molecule has 0 bridgehead atoms. The summed E-state index contributed by atoms with van der Waals surface area (Å²) in [5.41, 5.74) is 2.53. The van der Waals surface area contributed by atoms with Crippen molar-refractivity contribution in [1.29, 1.82) is 0 Å². The van der Waals surface area contributed by atoms with Crippen LogP contribution in [0.1, 0.15) is 32.4 Å². The highest BCUT2D eigenvalue weighted by Crippen LogP contribution is 2.24. The van der Waals surface area contributed by atoms with E-state index >= 15 is 0 Å². The van der Waals surface area contributed by atoms with Crippen LogP contribution < -0.4 is 16.2 Å². The van der Waals surface area contributed by atoms with Crippen LogP contribution in [0.2, 0.25) is 0 Å². The Balaban J connectivity index is 1.89. The lowest BCUT2D eigenvalue weighted by atomic mass is 10.1. The van der Waals surface area contributed by atoms with Gasteiger partial charge in [-0.1, -0.05) is 32.0 Å². The van der Waals surface area contributed by atoms with Crippen LogP contribution in [0.15, 0.2) is 59.4 Å². The lowest BCUT2D eigenvalue weighted by Crippen LogP contribution is -2.33. The largest absolute Gasteiger partial charge is 0.326 e. The molecule has 0 aliphatic carbocycles. The number of rotatable bonds is 6. The van der Waals surface area contributed by atoms with Crippen LogP contribution in [0, 0.1) is 18.7 Å². The molecule has 0 saturated heterocycles. The van der Waals surface area contributed by atoms with Crippen molar-refractivity contribution < 1.29 is 14.0 Å². The molecular weight excluding hydrogens is 411 g/mol. The van der Waals surface area contributed by atoms with Gasteiger partial charge in [-0.3, -0.25) is 14.4 Å². The predicted molar refractivity (Wildman–Crippen MR) is 122 cm³/mol. The number of halogens is 1. The van der Waals surface area contributed by atoms with Crippen molar-refractivity contribution in [1.82, 2.24) is 9.78 Å². The molecule has 7 nitrogen and oxygen atoms in total. The number of benzene rings is 2. The highest BCUT2D eigenvalue weighted by atomic mass is 19.1. The van der Waals surface area contributed by atoms with E-state index in [0.29, 0.717) is 16.9 Å². The van der Waals surface area contributed by atoms with Crippen LogP contribution in [-0.2, 0) is 9.59 Å². The highest BCUT2D eigenvalue weighted by molar-refractivity contribution is 5.94. The number of anilines is 2. The average molecular weight is 436 g/mol. The summed E-state index contributed by atoms with van der Waals surface area (Å²) in [6.07, 6.45) is 0. The monoisotopic (exact) mass is 436 g/mol. The first kappa shape index (κ1) is 22.9. The molecule has 0 aliphatic heterocycles. The minimum atomic E-state index is -0.934. The average Bonchev–Trinajstić information content (AvgIpc) is 2.75. The second-order valence-corrected chi connectivity index (χ2v) is 7.85. The van der Waals surface area contributed by atoms with Crippen LogP contribution in [0.3, 0.4) is 0 Å². The Morgan fingerprint density at radius 1 is 0.969 bits per heavy atom. The fourth-order valence-electron chi connectivity index (χ4n) is 2.97. The molecule has 0 aliphatic rings. The van der Waals surface area contributed by atoms with Gasteiger partial charge in [0.05, 0.1) is 5.69 Å². The van der Waals surface area contributed by atoms with Gasteiger partial charge in [-0.15, -0.1) is 0 Å². The SMILES string of the molecule is Cc1ccc(-c2ccc(=O)n([C@@H](C)C(=O)Nc3cccc(F)c3)n2)cc1NC(=O)C(C)C. The van der Waals surface area contributed by atoms with Gasteiger partial charge in [0.15, 0.2) is 0 Å². The Hall–Kier alpha value is -3.81. The topological polar surface area (TPSA) is 93.1 Å². The van der Waals surface area contributed by atoms with Crippen molar-refractivity contribution in [2.75, 3.05) is 10.6 Å². The predicted octanol–water partition coefficient (Wildman–Crippen LogP) is 4.15. The third-order valence-corrected chi connectivity index (χ3v) is 4.98. The summed E-state index contributed by atoms with van der Waals surface area (Å²) in [5, 5.41) is 9.84. The van der Waals surface area contributed by atoms with Crippen molar-refractivity contribution >= 4 is 23.2 Å². The Bertz CT molecular complexity index is 1220. The summed E-state index contributed by atoms with van der Waals surface area (Å²) in [4.78, 5) is 37.1. The number of hydrogen-bond donors (Lipinski definition) is 2. The quantitative estimate of drug-likeness (QED) is 0.607. The van der Waals surface area contributed by atoms with Gasteiger partial charge in [0.2, 0.25) is 11.8 Å². The van der Waals surface area contributed by atoms with Crippen molar-refractivity contribution in [2.45, 2.75) is 33.7 Å². The third kappa shape index (κ3) is 5.26. The summed E-state index contributed by atoms with van der Waals surface area (Å²) in [7, 11) is 0. The van der Waals surface area contributed by atoms with Gasteiger partial charge in [0, 0.05) is 28.9 Å². The smallest absolute Gasteiger partial charge is 0.267 e. The Kier molecular flexibility index (Phi) is 6.82. The van der Waals surface area contributed by atoms with Crippen LogP contribution in [0.25, 0.3) is 11.3 Å². The van der Waals surface area contributed by atoms with E-state index in [2.05, 4.69) is 15.7 Å². The van der Waals surface area contributed by atoms with E-state index in [1.54, 1.807) is 18.2 Å². The van der Waals surface area contributed by atoms with E-state index in [9.17, 15) is 18.8 Å². The minimum absolute atomic E-state index is 0.106. The van der Waals surface area contributed by atoms with Gasteiger partial charge in [-0.05, 0) is 49.7 Å². The van der Waals surface area contributed by atoms with Gasteiger partial charge >= 0.3 is 0 Å². The minimum Gasteiger partial charge on any atom is -0.326 e. The molecule has 3 aromatic rings. The zero-order valence-electron chi connectivity index (χ0n) is 18.3. The zero-order valence-corrected chi connectivity index (χ0v) is 18.3. The van der Waals surface area contributed by atoms with Gasteiger partial charge in [0.25, 0.3) is 5.56 Å². The maximum atomic E-state index is 13.4. The fraction of sp³-hybridized carbons (Fsp3) is 0.250. The Morgan fingerprint density at radius 2 is 1.72 bits per heavy atom. The maximum absolute atomic E-state index is 13.4. The van der Waals surface area contributed by atoms with E-state index < -0.39 is 23.3 Å². The molecule has 0 fully saturated rings. The van der Waals surface area contributed by atoms with Crippen molar-refractivity contribution in [3.05, 3.63) is 76.3 Å². The van der Waals surface area contributed by atoms with Gasteiger partial charge in [-0.25, -0.2) is 9.07 Å². The second-order valence-electron chi connectivity index (χ2n) is 7.85. The molecule has 2 aromatic carbocycles. The molecule has 0 spiro atoms. The standard InChI is InChI=1S/C24H25FN4O3/c1-14(2)23(31)27-21-12-17(9-8-15(21)3)20-10-11-22(30)29(28-20)16(4)24(32)26-19-7-5-6-18(25)13-19/h5-14,16H,1-4H3,(H,26,32)(H,27,31)/t16-/m0/s1. The summed E-state index contributed by atoms with van der Waals surface area (Å²) in [6.45, 7) is 7.04. The van der Waals surface area contributed by atoms with Gasteiger partial charge in [-0.2, -0.15) is 5.10 Å². The van der Waals surface area contributed by atoms with E-state index in [1.807, 2.05) is 32.9 Å². The number of nitrogens with zero attached hydrogens (tertiary/aromatic N) is 2. The molecule has 3 rings (SSSR count). The number of carbonyl (C=O) groups excluding carboxylic acids is 2. The van der Waals surface area contributed by atoms with Crippen molar-refractivity contribution in [2.24, 2.45) is 5.92 Å². The molecule has 166 valence electrons. The molecule has 32 heavy (non-hydrogen) atoms. The first-order valence-corrected chi connectivity index (χ1v) is 10.2. The van der Waals surface area contributed by atoms with Crippen molar-refractivity contribution in [3.63, 3.8) is 0 Å². The van der Waals surface area contributed by atoms with Crippen LogP contribution >= 0.6 is 0 Å². The molecule has 1 atom stereocenters. The number of aromatic nitrogens is 2. The summed E-state index contributed by atoms with van der Waals surface area (Å²) in [5.74, 6) is -1.26. The van der Waals surface area contributed by atoms with E-state index in [0.717, 1.165) is 10.2 Å². The Labute approximate surface area is 185 Å². The normalized spacial score (nSPS) is 11.8. The highest BCUT2D eigenvalue weighted by Gasteiger charge is 2.19. The number of carbonyl (C=O) groups is 2. The van der Waals surface area contributed by atoms with Crippen molar-refractivity contribution in [3.8, 4) is 11.3 Å². The first-order valence-electron chi connectivity index (χ1n) is 10.2. The lowest BCUT2D eigenvalue weighted by Gasteiger charge is -2.16. The fourth-order valence-corrected chi connectivity index (χ4v) is 2.97. The van der Waals surface area contributed by atoms with Gasteiger partial charge < -0.3 is 10.6 Å². The lowest BCUT2D eigenvalue weighted by molar-refractivity contribution is -0.119. The molecule has 0 unspecified atom stereocenters. The third-order valence-electron chi connectivity index (χ3n) is 4.98. The molecule has 1 heterocycles. The maximum Gasteiger partial charge on any atom is 0.267 e. The molecular formula is C24H25FN4O3. The number of amides is 2. The number of aryl methyl sites for hydroxylation is 1. The summed E-state index contributed by atoms with van der Waals surface area (Å²) >= 11 is 0. The van der Waals surface area contributed by atoms with E-state index in [1.165, 1.54) is 31.2 Å². The number of hydrogen-bond acceptors (Lipinski definition) is 4. The van der Waals surface area contributed by atoms with Crippen LogP contribution in [0.5, 0.6) is 0 Å². The molecule has 0 radical (unpaired) electrons. The molecule has 2 N–H and O–H groups in total. The Morgan fingerprint density at radius 3 is 2.41 bits per heavy atom. The zero-order chi connectivity index (χ0) is 23.4. The number of nitrogens with one attached hydrogen (secondary N) is 2. The first-order chi connectivity index (χ1) is 15.2. The molecule has 1 aromatic heterocycles. The molecule has 2 amide bonds. The second kappa shape index (κ2) is 9.55. The van der Waals surface area contributed by atoms with Gasteiger partial charge in [0.1, 0.15) is 11.9 Å². The van der Waals surface area contributed by atoms with Crippen LogP contribution in [-0.4, -0.2) is 21.6 Å². The molecule has 0 saturated carbocycles. The van der Waals surface area contributed by atoms with E-state index in [-0.39, 0.29) is 17.5 Å². The summed E-state index contributed by atoms with van der Waals surface area (Å²) < 4.78 is 14.5. The molecule has 8 heteroatoms. The van der Waals surface area contributed by atoms with E-state index in [4.69, 9.17) is 0 Å². The van der Waals surface area contributed by atoms with Crippen LogP contribution in [0.4, 0.5) is 15.8 Å². The summed E-state index contributed by atoms with van der Waals surface area (Å²) in [6, 6.07) is 12.9.